The van der Waals surface area contributed by atoms with E-state index in [2.05, 4.69) is 48.5 Å². The largest absolute Gasteiger partial charge is 0.318 e. The molecule has 2 aromatic heterocycles. The van der Waals surface area contributed by atoms with Gasteiger partial charge < -0.3 is 4.57 Å². The van der Waals surface area contributed by atoms with Gasteiger partial charge in [0.2, 0.25) is 0 Å². The van der Waals surface area contributed by atoms with Crippen LogP contribution in [0.3, 0.4) is 0 Å². The summed E-state index contributed by atoms with van der Waals surface area (Å²) in [6, 6.07) is 13.4. The summed E-state index contributed by atoms with van der Waals surface area (Å²) in [4.78, 5) is 17.9. The number of rotatable bonds is 5. The zero-order valence-corrected chi connectivity index (χ0v) is 21.8. The molecule has 0 fully saturated rings. The summed E-state index contributed by atoms with van der Waals surface area (Å²) in [7, 11) is 0. The Morgan fingerprint density at radius 1 is 1.12 bits per heavy atom. The zero-order valence-electron chi connectivity index (χ0n) is 17.9. The Morgan fingerprint density at radius 3 is 2.62 bits per heavy atom. The molecule has 2 heterocycles. The van der Waals surface area contributed by atoms with Crippen LogP contribution in [0.4, 0.5) is 0 Å². The van der Waals surface area contributed by atoms with Crippen molar-refractivity contribution >= 4 is 60.6 Å². The maximum atomic E-state index is 13.2. The summed E-state index contributed by atoms with van der Waals surface area (Å²) in [5, 5.41) is 5.75. The first-order valence-corrected chi connectivity index (χ1v) is 12.2. The van der Waals surface area contributed by atoms with Gasteiger partial charge >= 0.3 is 0 Å². The fraction of sp³-hybridized carbons (Fsp3) is 0.208. The van der Waals surface area contributed by atoms with Gasteiger partial charge in [0.25, 0.3) is 5.56 Å². The first-order valence-electron chi connectivity index (χ1n) is 10.2. The summed E-state index contributed by atoms with van der Waals surface area (Å²) in [5.41, 5.74) is 4.44. The van der Waals surface area contributed by atoms with Crippen molar-refractivity contribution < 1.29 is 0 Å². The number of aromatic nitrogens is 3. The van der Waals surface area contributed by atoms with Crippen molar-refractivity contribution in [3.8, 4) is 5.69 Å². The predicted molar refractivity (Wildman–Crippen MR) is 139 cm³/mol. The fourth-order valence-corrected chi connectivity index (χ4v) is 4.54. The van der Waals surface area contributed by atoms with E-state index in [-0.39, 0.29) is 5.56 Å². The normalized spacial score (nSPS) is 11.7. The Hall–Kier alpha value is -2.22. The second kappa shape index (κ2) is 9.33. The van der Waals surface area contributed by atoms with E-state index in [0.717, 1.165) is 38.0 Å². The molecule has 0 N–H and O–H groups in total. The average Bonchev–Trinajstić information content (AvgIpc) is 3.04. The van der Waals surface area contributed by atoms with Crippen molar-refractivity contribution in [2.24, 2.45) is 5.10 Å². The van der Waals surface area contributed by atoms with E-state index in [9.17, 15) is 4.79 Å². The van der Waals surface area contributed by atoms with Gasteiger partial charge in [0.15, 0.2) is 0 Å². The Labute approximate surface area is 208 Å². The summed E-state index contributed by atoms with van der Waals surface area (Å²) in [6.45, 7) is 6.11. The van der Waals surface area contributed by atoms with Gasteiger partial charge in [-0.3, -0.25) is 4.79 Å². The number of aryl methyl sites for hydroxylation is 2. The predicted octanol–water partition coefficient (Wildman–Crippen LogP) is 6.82. The van der Waals surface area contributed by atoms with E-state index in [1.165, 1.54) is 4.68 Å². The van der Waals surface area contributed by atoms with Gasteiger partial charge in [-0.25, -0.2) is 4.98 Å². The van der Waals surface area contributed by atoms with Crippen LogP contribution in [0.1, 0.15) is 36.1 Å². The summed E-state index contributed by atoms with van der Waals surface area (Å²) in [5.74, 6) is 0.650. The van der Waals surface area contributed by atoms with Crippen LogP contribution in [0, 0.1) is 13.8 Å². The van der Waals surface area contributed by atoms with Gasteiger partial charge in [-0.05, 0) is 78.7 Å². The third kappa shape index (κ3) is 4.34. The topological polar surface area (TPSA) is 52.2 Å². The lowest BCUT2D eigenvalue weighted by atomic mass is 10.2. The molecule has 32 heavy (non-hydrogen) atoms. The molecule has 0 aliphatic rings. The first kappa shape index (κ1) is 23.0. The molecule has 0 saturated carbocycles. The van der Waals surface area contributed by atoms with Crippen LogP contribution in [0.15, 0.2) is 61.3 Å². The smallest absolute Gasteiger partial charge is 0.282 e. The summed E-state index contributed by atoms with van der Waals surface area (Å²) in [6.07, 6.45) is 3.25. The second-order valence-corrected chi connectivity index (χ2v) is 9.74. The van der Waals surface area contributed by atoms with Crippen molar-refractivity contribution in [3.05, 3.63) is 89.6 Å². The minimum Gasteiger partial charge on any atom is -0.318 e. The number of fused-ring (bicyclic) bond motifs is 1. The van der Waals surface area contributed by atoms with Crippen LogP contribution in [0.25, 0.3) is 16.6 Å². The van der Waals surface area contributed by atoms with Crippen LogP contribution in [-0.4, -0.2) is 20.4 Å². The van der Waals surface area contributed by atoms with E-state index < -0.39 is 0 Å². The van der Waals surface area contributed by atoms with Crippen LogP contribution in [0.5, 0.6) is 0 Å². The highest BCUT2D eigenvalue weighted by atomic mass is 79.9. The van der Waals surface area contributed by atoms with Gasteiger partial charge in [0.1, 0.15) is 5.82 Å². The monoisotopic (exact) mass is 574 g/mol. The third-order valence-corrected chi connectivity index (χ3v) is 7.02. The fourth-order valence-electron chi connectivity index (χ4n) is 3.76. The van der Waals surface area contributed by atoms with E-state index in [1.807, 2.05) is 50.2 Å². The van der Waals surface area contributed by atoms with Crippen molar-refractivity contribution in [2.75, 3.05) is 0 Å². The van der Waals surface area contributed by atoms with Crippen molar-refractivity contribution in [3.63, 3.8) is 0 Å². The SMILES string of the molecule is CCCc1nc2ccc(Br)cc2c(=O)n1N=Cc1cc(C)n(-c2ccc(Br)c(Cl)c2)c1C. The maximum Gasteiger partial charge on any atom is 0.282 e. The van der Waals surface area contributed by atoms with Crippen molar-refractivity contribution in [1.29, 1.82) is 0 Å². The number of nitrogens with zero attached hydrogens (tertiary/aromatic N) is 4. The van der Waals surface area contributed by atoms with Gasteiger partial charge in [0, 0.05) is 38.0 Å². The van der Waals surface area contributed by atoms with Crippen LogP contribution < -0.4 is 5.56 Å². The second-order valence-electron chi connectivity index (χ2n) is 7.56. The van der Waals surface area contributed by atoms with Gasteiger partial charge in [-0.15, -0.1) is 0 Å². The van der Waals surface area contributed by atoms with Crippen molar-refractivity contribution in [1.82, 2.24) is 14.2 Å². The standard InChI is InChI=1S/C24H21Br2ClN4O/c1-4-5-23-29-22-9-6-17(25)11-19(22)24(32)31(23)28-13-16-10-14(2)30(15(16)3)18-7-8-20(26)21(27)12-18/h6-13H,4-5H2,1-3H3. The molecule has 5 nitrogen and oxygen atoms in total. The van der Waals surface area contributed by atoms with Crippen LogP contribution in [-0.2, 0) is 6.42 Å². The van der Waals surface area contributed by atoms with E-state index in [1.54, 1.807) is 12.3 Å². The van der Waals surface area contributed by atoms with Crippen LogP contribution >= 0.6 is 43.5 Å². The van der Waals surface area contributed by atoms with E-state index in [4.69, 9.17) is 16.6 Å². The highest BCUT2D eigenvalue weighted by molar-refractivity contribution is 9.10. The Balaban J connectivity index is 1.81. The zero-order chi connectivity index (χ0) is 23.0. The highest BCUT2D eigenvalue weighted by Crippen LogP contribution is 2.27. The minimum absolute atomic E-state index is 0.176. The lowest BCUT2D eigenvalue weighted by Gasteiger charge is -2.11. The number of benzene rings is 2. The Kier molecular flexibility index (Phi) is 6.70. The molecule has 0 amide bonds. The quantitative estimate of drug-likeness (QED) is 0.245. The Morgan fingerprint density at radius 2 is 1.91 bits per heavy atom. The molecule has 0 spiro atoms. The summed E-state index contributed by atoms with van der Waals surface area (Å²) >= 11 is 13.2. The van der Waals surface area contributed by atoms with Gasteiger partial charge in [-0.2, -0.15) is 9.78 Å². The molecule has 0 saturated heterocycles. The van der Waals surface area contributed by atoms with E-state index in [0.29, 0.717) is 28.2 Å². The molecule has 0 unspecified atom stereocenters. The lowest BCUT2D eigenvalue weighted by molar-refractivity contribution is 0.703. The third-order valence-electron chi connectivity index (χ3n) is 5.29. The van der Waals surface area contributed by atoms with Gasteiger partial charge in [0.05, 0.1) is 22.1 Å². The molecular formula is C24H21Br2ClN4O. The molecule has 164 valence electrons. The molecule has 4 rings (SSSR count). The highest BCUT2D eigenvalue weighted by Gasteiger charge is 2.13. The molecule has 0 aliphatic carbocycles. The minimum atomic E-state index is -0.176. The summed E-state index contributed by atoms with van der Waals surface area (Å²) < 4.78 is 5.22. The molecule has 8 heteroatoms. The molecule has 0 bridgehead atoms. The number of halogens is 3. The molecule has 0 atom stereocenters. The number of hydrogen-bond donors (Lipinski definition) is 0. The van der Waals surface area contributed by atoms with Gasteiger partial charge in [-0.1, -0.05) is 34.5 Å². The molecule has 2 aromatic carbocycles. The number of hydrogen-bond acceptors (Lipinski definition) is 3. The Bertz CT molecular complexity index is 1420. The van der Waals surface area contributed by atoms with Crippen LogP contribution in [0.2, 0.25) is 5.02 Å². The first-order chi connectivity index (χ1) is 15.3. The average molecular weight is 577 g/mol. The van der Waals surface area contributed by atoms with Crippen molar-refractivity contribution in [2.45, 2.75) is 33.6 Å². The molecule has 0 radical (unpaired) electrons. The molecular weight excluding hydrogens is 556 g/mol. The molecule has 4 aromatic rings. The lowest BCUT2D eigenvalue weighted by Crippen LogP contribution is -2.22. The van der Waals surface area contributed by atoms with E-state index >= 15 is 0 Å². The molecule has 0 aliphatic heterocycles. The maximum absolute atomic E-state index is 13.2.